The van der Waals surface area contributed by atoms with Gasteiger partial charge in [-0.15, -0.1) is 0 Å². The van der Waals surface area contributed by atoms with Crippen molar-refractivity contribution in [1.29, 1.82) is 0 Å². The fourth-order valence-electron chi connectivity index (χ4n) is 0.591. The SMILES string of the molecule is CC(=C1CC1)I(C)F. The molecule has 0 aromatic carbocycles. The van der Waals surface area contributed by atoms with Gasteiger partial charge in [0.05, 0.1) is 0 Å². The molecule has 0 saturated heterocycles. The Bertz CT molecular complexity index is 120. The van der Waals surface area contributed by atoms with Gasteiger partial charge in [0.25, 0.3) is 0 Å². The van der Waals surface area contributed by atoms with E-state index in [9.17, 15) is 2.86 Å². The number of rotatable bonds is 1. The Balaban J connectivity index is 2.56. The van der Waals surface area contributed by atoms with Gasteiger partial charge in [-0.25, -0.2) is 0 Å². The molecule has 1 fully saturated rings. The second-order valence-corrected chi connectivity index (χ2v) is 5.96. The standard InChI is InChI=1S/C6H10FI/c1-5(8(2)7)6-3-4-6/h3-4H2,1-2H3. The third-order valence-electron chi connectivity index (χ3n) is 1.38. The van der Waals surface area contributed by atoms with Gasteiger partial charge in [-0.05, 0) is 0 Å². The van der Waals surface area contributed by atoms with Gasteiger partial charge < -0.3 is 0 Å². The van der Waals surface area contributed by atoms with Crippen molar-refractivity contribution in [3.8, 4) is 0 Å². The van der Waals surface area contributed by atoms with E-state index in [0.29, 0.717) is 0 Å². The van der Waals surface area contributed by atoms with Gasteiger partial charge in [0.1, 0.15) is 0 Å². The van der Waals surface area contributed by atoms with Crippen LogP contribution >= 0.6 is 20.4 Å². The molecule has 48 valence electrons. The molecule has 0 nitrogen and oxygen atoms in total. The van der Waals surface area contributed by atoms with E-state index < -0.39 is 20.4 Å². The van der Waals surface area contributed by atoms with Gasteiger partial charge in [0, 0.05) is 0 Å². The molecule has 0 aromatic heterocycles. The summed E-state index contributed by atoms with van der Waals surface area (Å²) >= 11 is -2.03. The van der Waals surface area contributed by atoms with Crippen LogP contribution in [0.4, 0.5) is 2.86 Å². The minimum absolute atomic E-state index is 1.12. The van der Waals surface area contributed by atoms with Crippen molar-refractivity contribution in [2.75, 3.05) is 4.93 Å². The molecule has 1 saturated carbocycles. The first kappa shape index (κ1) is 6.52. The summed E-state index contributed by atoms with van der Waals surface area (Å²) in [7, 11) is 0. The maximum atomic E-state index is 12.5. The van der Waals surface area contributed by atoms with Crippen LogP contribution in [0.1, 0.15) is 19.8 Å². The molecular weight excluding hydrogens is 218 g/mol. The number of hydrogen-bond acceptors (Lipinski definition) is 0. The molecule has 0 bridgehead atoms. The molecule has 0 atom stereocenters. The van der Waals surface area contributed by atoms with E-state index in [-0.39, 0.29) is 0 Å². The van der Waals surface area contributed by atoms with Gasteiger partial charge in [0.2, 0.25) is 0 Å². The van der Waals surface area contributed by atoms with Crippen LogP contribution in [-0.4, -0.2) is 4.93 Å². The molecule has 8 heavy (non-hydrogen) atoms. The average molecular weight is 228 g/mol. The summed E-state index contributed by atoms with van der Waals surface area (Å²) in [6.45, 7) is 1.95. The number of alkyl halides is 1. The van der Waals surface area contributed by atoms with E-state index in [4.69, 9.17) is 0 Å². The number of allylic oxidation sites excluding steroid dienone is 2. The molecule has 0 unspecified atom stereocenters. The molecule has 0 amide bonds. The summed E-state index contributed by atoms with van der Waals surface area (Å²) in [6, 6.07) is 0. The first-order valence-electron chi connectivity index (χ1n) is 2.67. The Morgan fingerprint density at radius 3 is 2.25 bits per heavy atom. The molecule has 0 N–H and O–H groups in total. The van der Waals surface area contributed by atoms with Crippen LogP contribution < -0.4 is 0 Å². The van der Waals surface area contributed by atoms with Crippen molar-refractivity contribution in [2.24, 2.45) is 0 Å². The Labute approximate surface area is 57.3 Å². The molecule has 1 aliphatic carbocycles. The van der Waals surface area contributed by atoms with E-state index >= 15 is 0 Å². The Kier molecular flexibility index (Phi) is 1.90. The zero-order valence-corrected chi connectivity index (χ0v) is 7.33. The van der Waals surface area contributed by atoms with E-state index in [0.717, 1.165) is 3.58 Å². The van der Waals surface area contributed by atoms with Gasteiger partial charge in [0.15, 0.2) is 0 Å². The topological polar surface area (TPSA) is 0 Å². The van der Waals surface area contributed by atoms with Crippen LogP contribution in [0.3, 0.4) is 0 Å². The maximum absolute atomic E-state index is 12.5. The van der Waals surface area contributed by atoms with Crippen LogP contribution in [0.5, 0.6) is 0 Å². The normalized spacial score (nSPS) is 18.4. The summed E-state index contributed by atoms with van der Waals surface area (Å²) in [5, 5.41) is 0. The van der Waals surface area contributed by atoms with E-state index in [1.807, 2.05) is 6.92 Å². The van der Waals surface area contributed by atoms with E-state index in [2.05, 4.69) is 0 Å². The van der Waals surface area contributed by atoms with E-state index in [1.165, 1.54) is 18.4 Å². The van der Waals surface area contributed by atoms with Crippen molar-refractivity contribution in [2.45, 2.75) is 19.8 Å². The fourth-order valence-corrected chi connectivity index (χ4v) is 2.18. The van der Waals surface area contributed by atoms with Crippen molar-refractivity contribution in [3.63, 3.8) is 0 Å². The van der Waals surface area contributed by atoms with Gasteiger partial charge in [-0.1, -0.05) is 0 Å². The monoisotopic (exact) mass is 228 g/mol. The second kappa shape index (κ2) is 2.33. The van der Waals surface area contributed by atoms with Crippen LogP contribution in [0.15, 0.2) is 9.15 Å². The summed E-state index contributed by atoms with van der Waals surface area (Å²) < 4.78 is 13.6. The Morgan fingerprint density at radius 2 is 2.12 bits per heavy atom. The second-order valence-electron chi connectivity index (χ2n) is 2.04. The predicted molar refractivity (Wildman–Crippen MR) is 43.0 cm³/mol. The molecule has 0 aliphatic heterocycles. The summed E-state index contributed by atoms with van der Waals surface area (Å²) in [5.41, 5.74) is 1.40. The van der Waals surface area contributed by atoms with Crippen molar-refractivity contribution < 1.29 is 2.86 Å². The van der Waals surface area contributed by atoms with Crippen molar-refractivity contribution in [1.82, 2.24) is 0 Å². The Hall–Kier alpha value is 0.400. The molecule has 1 rings (SSSR count). The summed E-state index contributed by atoms with van der Waals surface area (Å²) in [5.74, 6) is 0. The van der Waals surface area contributed by atoms with Crippen molar-refractivity contribution in [3.05, 3.63) is 9.15 Å². The minimum atomic E-state index is -2.03. The molecule has 0 aromatic rings. The molecule has 2 heteroatoms. The van der Waals surface area contributed by atoms with Crippen LogP contribution in [-0.2, 0) is 0 Å². The van der Waals surface area contributed by atoms with E-state index in [1.54, 1.807) is 4.93 Å². The third kappa shape index (κ3) is 1.44. The first-order valence-corrected chi connectivity index (χ1v) is 6.72. The quantitative estimate of drug-likeness (QED) is 0.477. The summed E-state index contributed by atoms with van der Waals surface area (Å²) in [6.07, 6.45) is 2.36. The Morgan fingerprint density at radius 1 is 1.62 bits per heavy atom. The molecule has 1 aliphatic rings. The van der Waals surface area contributed by atoms with Gasteiger partial charge in [-0.3, -0.25) is 0 Å². The van der Waals surface area contributed by atoms with Gasteiger partial charge >= 0.3 is 57.1 Å². The van der Waals surface area contributed by atoms with Crippen LogP contribution in [0.25, 0.3) is 0 Å². The summed E-state index contributed by atoms with van der Waals surface area (Å²) in [4.78, 5) is 1.75. The molecular formula is C6H10FI. The number of halogens is 2. The average Bonchev–Trinajstić information content (AvgIpc) is 2.43. The first-order chi connectivity index (χ1) is 3.72. The molecule has 0 spiro atoms. The third-order valence-corrected chi connectivity index (χ3v) is 4.37. The molecule has 0 heterocycles. The molecule has 0 radical (unpaired) electrons. The van der Waals surface area contributed by atoms with Crippen LogP contribution in [0, 0.1) is 0 Å². The zero-order chi connectivity index (χ0) is 6.15. The van der Waals surface area contributed by atoms with Crippen molar-refractivity contribution >= 4 is 20.4 Å². The number of hydrogen-bond donors (Lipinski definition) is 0. The zero-order valence-electron chi connectivity index (χ0n) is 5.17. The van der Waals surface area contributed by atoms with Gasteiger partial charge in [-0.2, -0.15) is 0 Å². The van der Waals surface area contributed by atoms with Crippen LogP contribution in [0.2, 0.25) is 0 Å². The predicted octanol–water partition coefficient (Wildman–Crippen LogP) is 3.07. The fraction of sp³-hybridized carbons (Fsp3) is 0.667.